The molecule has 0 saturated carbocycles. The van der Waals surface area contributed by atoms with E-state index in [-0.39, 0.29) is 6.61 Å². The van der Waals surface area contributed by atoms with Crippen molar-refractivity contribution >= 4 is 30.7 Å². The van der Waals surface area contributed by atoms with Gasteiger partial charge in [0.15, 0.2) is 16.6 Å². The molecule has 18 heavy (non-hydrogen) atoms. The Kier molecular flexibility index (Phi) is 6.98. The van der Waals surface area contributed by atoms with E-state index in [1.165, 1.54) is 13.3 Å². The highest BCUT2D eigenvalue weighted by Crippen LogP contribution is 2.53. The molecule has 0 aliphatic rings. The van der Waals surface area contributed by atoms with Crippen LogP contribution in [0.2, 0.25) is 39.3 Å². The van der Waals surface area contributed by atoms with Crippen LogP contribution in [0.25, 0.3) is 0 Å². The molecular weight excluding hydrogens is 289 g/mol. The van der Waals surface area contributed by atoms with Crippen molar-refractivity contribution in [3.63, 3.8) is 0 Å². The number of hydrogen-bond acceptors (Lipinski definition) is 6. The Bertz CT molecular complexity index is 304. The van der Waals surface area contributed by atoms with Gasteiger partial charge in [0.05, 0.1) is 12.8 Å². The maximum absolute atomic E-state index is 12.5. The Morgan fingerprint density at radius 3 is 1.83 bits per heavy atom. The summed E-state index contributed by atoms with van der Waals surface area (Å²) in [7, 11) is -6.16. The lowest BCUT2D eigenvalue weighted by atomic mass is 10.8. The van der Waals surface area contributed by atoms with Crippen LogP contribution in [0.5, 0.6) is 0 Å². The van der Waals surface area contributed by atoms with Crippen molar-refractivity contribution in [3.05, 3.63) is 0 Å². The molecule has 0 saturated heterocycles. The quantitative estimate of drug-likeness (QED) is 0.297. The summed E-state index contributed by atoms with van der Waals surface area (Å²) >= 11 is 0. The van der Waals surface area contributed by atoms with E-state index >= 15 is 0 Å². The van der Waals surface area contributed by atoms with E-state index < -0.39 is 24.5 Å². The fraction of sp³-hybridized carbons (Fsp3) is 0.889. The average Bonchev–Trinajstić information content (AvgIpc) is 2.05. The maximum atomic E-state index is 12.5. The maximum Gasteiger partial charge on any atom is 0.455 e. The van der Waals surface area contributed by atoms with E-state index in [0.29, 0.717) is 0 Å². The van der Waals surface area contributed by atoms with Crippen LogP contribution in [0.15, 0.2) is 5.16 Å². The topological polar surface area (TPSA) is 66.4 Å². The molecule has 0 amide bonds. The second-order valence-corrected chi connectivity index (χ2v) is 16.7. The highest BCUT2D eigenvalue weighted by molar-refractivity contribution is 7.52. The summed E-state index contributed by atoms with van der Waals surface area (Å²) in [6.07, 6.45) is 1.37. The van der Waals surface area contributed by atoms with Gasteiger partial charge >= 0.3 is 7.82 Å². The number of hydrogen-bond donors (Lipinski definition) is 0. The first-order valence-electron chi connectivity index (χ1n) is 5.68. The van der Waals surface area contributed by atoms with Crippen molar-refractivity contribution in [2.24, 2.45) is 5.16 Å². The third-order valence-corrected chi connectivity index (χ3v) is 7.89. The van der Waals surface area contributed by atoms with Crippen LogP contribution < -0.4 is 0 Å². The Balaban J connectivity index is 4.71. The van der Waals surface area contributed by atoms with Gasteiger partial charge in [-0.1, -0.05) is 5.16 Å². The summed E-state index contributed by atoms with van der Waals surface area (Å²) < 4.78 is 28.9. The number of rotatable bonds is 8. The van der Waals surface area contributed by atoms with Crippen molar-refractivity contribution in [1.82, 2.24) is 0 Å². The van der Waals surface area contributed by atoms with Crippen molar-refractivity contribution in [2.45, 2.75) is 39.3 Å². The van der Waals surface area contributed by atoms with Crippen LogP contribution in [0.1, 0.15) is 0 Å². The van der Waals surface area contributed by atoms with Gasteiger partial charge in [-0.05, 0) is 39.3 Å². The molecular formula is C9H24NO5PSi2. The van der Waals surface area contributed by atoms with Gasteiger partial charge in [0.2, 0.25) is 0 Å². The summed E-state index contributed by atoms with van der Waals surface area (Å²) in [4.78, 5) is 4.49. The normalized spacial score (nSPS) is 14.2. The van der Waals surface area contributed by atoms with Crippen LogP contribution in [0.3, 0.4) is 0 Å². The first-order valence-corrected chi connectivity index (χ1v) is 14.0. The van der Waals surface area contributed by atoms with Crippen LogP contribution in [0, 0.1) is 0 Å². The summed E-state index contributed by atoms with van der Waals surface area (Å²) in [5.41, 5.74) is 0. The predicted molar refractivity (Wildman–Crippen MR) is 77.9 cm³/mol. The van der Waals surface area contributed by atoms with E-state index in [1.807, 2.05) is 39.3 Å². The minimum Gasteiger partial charge on any atom is -0.399 e. The molecule has 0 aliphatic carbocycles. The zero-order valence-electron chi connectivity index (χ0n) is 12.2. The van der Waals surface area contributed by atoms with E-state index in [9.17, 15) is 4.57 Å². The minimum absolute atomic E-state index is 0.0279. The lowest BCUT2D eigenvalue weighted by molar-refractivity contribution is 0.206. The average molecular weight is 313 g/mol. The Hall–Kier alpha value is 0.0138. The molecule has 0 heterocycles. The van der Waals surface area contributed by atoms with Gasteiger partial charge in [-0.25, -0.2) is 4.57 Å². The second kappa shape index (κ2) is 6.97. The number of oxime groups is 1. The molecule has 108 valence electrons. The SMILES string of the molecule is CON=CCOP(=O)(O[Si](C)(C)C)O[Si](C)(C)C. The third-order valence-electron chi connectivity index (χ3n) is 1.26. The van der Waals surface area contributed by atoms with Gasteiger partial charge in [-0.15, -0.1) is 0 Å². The summed E-state index contributed by atoms with van der Waals surface area (Å²) in [6.45, 7) is 11.6. The molecule has 0 aromatic heterocycles. The molecule has 0 rings (SSSR count). The van der Waals surface area contributed by atoms with E-state index in [4.69, 9.17) is 12.9 Å². The van der Waals surface area contributed by atoms with E-state index in [0.717, 1.165) is 0 Å². The van der Waals surface area contributed by atoms with Gasteiger partial charge in [0, 0.05) is 0 Å². The van der Waals surface area contributed by atoms with Crippen molar-refractivity contribution < 1.29 is 22.4 Å². The summed E-state index contributed by atoms with van der Waals surface area (Å²) in [6, 6.07) is 0. The molecule has 0 fully saturated rings. The molecule has 0 spiro atoms. The zero-order chi connectivity index (χ0) is 14.4. The fourth-order valence-corrected chi connectivity index (χ4v) is 7.49. The molecule has 6 nitrogen and oxygen atoms in total. The minimum atomic E-state index is -3.53. The molecule has 0 unspecified atom stereocenters. The second-order valence-electron chi connectivity index (χ2n) is 5.62. The largest absolute Gasteiger partial charge is 0.455 e. The smallest absolute Gasteiger partial charge is 0.399 e. The molecule has 9 heteroatoms. The molecule has 0 radical (unpaired) electrons. The third kappa shape index (κ3) is 9.98. The molecule has 0 aromatic rings. The molecule has 0 aliphatic heterocycles. The van der Waals surface area contributed by atoms with Gasteiger partial charge in [-0.3, -0.25) is 4.52 Å². The fourth-order valence-electron chi connectivity index (χ4n) is 0.972. The number of nitrogens with zero attached hydrogens (tertiary/aromatic N) is 1. The summed E-state index contributed by atoms with van der Waals surface area (Å²) in [5.74, 6) is 0. The molecule has 0 atom stereocenters. The van der Waals surface area contributed by atoms with Crippen LogP contribution in [-0.4, -0.2) is 36.6 Å². The zero-order valence-corrected chi connectivity index (χ0v) is 15.1. The monoisotopic (exact) mass is 313 g/mol. The van der Waals surface area contributed by atoms with Crippen molar-refractivity contribution in [2.75, 3.05) is 13.7 Å². The Morgan fingerprint density at radius 2 is 1.50 bits per heavy atom. The Morgan fingerprint density at radius 1 is 1.06 bits per heavy atom. The molecule has 0 aromatic carbocycles. The van der Waals surface area contributed by atoms with Crippen LogP contribution in [0.4, 0.5) is 0 Å². The van der Waals surface area contributed by atoms with E-state index in [2.05, 4.69) is 9.99 Å². The molecule has 0 bridgehead atoms. The highest BCUT2D eigenvalue weighted by atomic mass is 31.2. The van der Waals surface area contributed by atoms with Gasteiger partial charge in [-0.2, -0.15) is 0 Å². The van der Waals surface area contributed by atoms with E-state index in [1.54, 1.807) is 0 Å². The standard InChI is InChI=1S/C9H24NO5PSi2/c1-12-10-8-9-13-16(11,14-17(2,3)4)15-18(5,6)7/h8H,9H2,1-7H3. The summed E-state index contributed by atoms with van der Waals surface area (Å²) in [5, 5.41) is 3.51. The van der Waals surface area contributed by atoms with Gasteiger partial charge in [0.1, 0.15) is 7.11 Å². The first kappa shape index (κ1) is 18.0. The first-order chi connectivity index (χ1) is 7.97. The Labute approximate surface area is 112 Å². The lowest BCUT2D eigenvalue weighted by Gasteiger charge is -2.29. The molecule has 0 N–H and O–H groups in total. The lowest BCUT2D eigenvalue weighted by Crippen LogP contribution is -2.30. The highest BCUT2D eigenvalue weighted by Gasteiger charge is 2.37. The van der Waals surface area contributed by atoms with Gasteiger partial charge < -0.3 is 13.3 Å². The predicted octanol–water partition coefficient (Wildman–Crippen LogP) is 3.45. The number of phosphoric acid groups is 1. The van der Waals surface area contributed by atoms with Crippen molar-refractivity contribution in [1.29, 1.82) is 0 Å². The van der Waals surface area contributed by atoms with Crippen molar-refractivity contribution in [3.8, 4) is 0 Å². The van der Waals surface area contributed by atoms with Gasteiger partial charge in [0.25, 0.3) is 0 Å². The van der Waals surface area contributed by atoms with Crippen LogP contribution in [-0.2, 0) is 22.4 Å². The van der Waals surface area contributed by atoms with Crippen LogP contribution >= 0.6 is 7.82 Å².